The summed E-state index contributed by atoms with van der Waals surface area (Å²) in [6.07, 6.45) is 20.2. The minimum Gasteiger partial charge on any atom is -0.497 e. The summed E-state index contributed by atoms with van der Waals surface area (Å²) in [7, 11) is 4.56. The second-order valence-corrected chi connectivity index (χ2v) is 17.6. The Balaban J connectivity index is 0.000000372. The number of ether oxygens (including phenoxy) is 3. The van der Waals surface area contributed by atoms with E-state index < -0.39 is 13.4 Å². The van der Waals surface area contributed by atoms with Crippen LogP contribution in [0, 0.1) is 0 Å². The molecule has 256 valence electrons. The molecule has 0 spiro atoms. The first-order chi connectivity index (χ1) is 22.4. The average molecular weight is 649 g/mol. The highest BCUT2D eigenvalue weighted by Gasteiger charge is 2.34. The van der Waals surface area contributed by atoms with Crippen molar-refractivity contribution in [2.45, 2.75) is 105 Å². The SMILES string of the molecule is CCCC[B-](c1ccc(OC)cc1)(c1ccc(OC)cc1)c1ccc(OC)cc1.CCCC[P+](CCCC)(CCCC)CCCC. The molecule has 0 aromatic heterocycles. The number of hydrogen-bond donors (Lipinski definition) is 0. The van der Waals surface area contributed by atoms with Crippen molar-refractivity contribution in [2.24, 2.45) is 0 Å². The van der Waals surface area contributed by atoms with Gasteiger partial charge in [-0.25, -0.2) is 0 Å². The standard InChI is InChI=1S/C25H30BO3.C16H36P/c1-5-6-19-26(20-7-13-23(27-2)14-8-20,21-9-15-24(28-3)16-10-21)22-11-17-25(29-4)18-12-22;1-5-9-13-17(14-10-6-2,15-11-7-3)16-12-8-4/h7-18H,5-6,19H2,1-4H3;5-16H2,1-4H3/q-1;+1. The van der Waals surface area contributed by atoms with Crippen LogP contribution in [-0.4, -0.2) is 52.1 Å². The zero-order valence-corrected chi connectivity index (χ0v) is 31.7. The van der Waals surface area contributed by atoms with E-state index in [0.717, 1.165) is 36.4 Å². The second-order valence-electron chi connectivity index (χ2n) is 13.2. The van der Waals surface area contributed by atoms with Crippen molar-refractivity contribution < 1.29 is 14.2 Å². The molecule has 0 saturated carbocycles. The molecule has 0 aliphatic rings. The normalized spacial score (nSPS) is 11.5. The number of hydrogen-bond acceptors (Lipinski definition) is 3. The summed E-state index contributed by atoms with van der Waals surface area (Å²) in [6.45, 7) is 11.7. The molecule has 3 aromatic rings. The second kappa shape index (κ2) is 22.2. The Bertz CT molecular complexity index is 1020. The van der Waals surface area contributed by atoms with Crippen LogP contribution in [0.3, 0.4) is 0 Å². The van der Waals surface area contributed by atoms with Crippen molar-refractivity contribution in [3.8, 4) is 17.2 Å². The predicted molar refractivity (Wildman–Crippen MR) is 209 cm³/mol. The zero-order valence-electron chi connectivity index (χ0n) is 30.8. The first-order valence-corrected chi connectivity index (χ1v) is 20.9. The summed E-state index contributed by atoms with van der Waals surface area (Å²) in [4.78, 5) is 0. The maximum Gasteiger partial charge on any atom is 0.118 e. The van der Waals surface area contributed by atoms with Gasteiger partial charge in [-0.15, -0.1) is 0 Å². The molecule has 0 aliphatic carbocycles. The zero-order chi connectivity index (χ0) is 33.7. The number of methoxy groups -OCH3 is 3. The lowest BCUT2D eigenvalue weighted by Gasteiger charge is -2.43. The van der Waals surface area contributed by atoms with Crippen LogP contribution in [0.25, 0.3) is 0 Å². The molecule has 0 bridgehead atoms. The van der Waals surface area contributed by atoms with E-state index in [-0.39, 0.29) is 0 Å². The van der Waals surface area contributed by atoms with E-state index >= 15 is 0 Å². The summed E-state index contributed by atoms with van der Waals surface area (Å²) < 4.78 is 16.2. The molecule has 0 unspecified atom stereocenters. The fourth-order valence-corrected chi connectivity index (χ4v) is 12.3. The summed E-state index contributed by atoms with van der Waals surface area (Å²) in [5.41, 5.74) is 3.94. The quantitative estimate of drug-likeness (QED) is 0.0850. The van der Waals surface area contributed by atoms with Gasteiger partial charge in [0.25, 0.3) is 0 Å². The van der Waals surface area contributed by atoms with E-state index in [9.17, 15) is 0 Å². The molecule has 46 heavy (non-hydrogen) atoms. The molecule has 3 aromatic carbocycles. The van der Waals surface area contributed by atoms with E-state index in [0.29, 0.717) is 0 Å². The molecule has 0 N–H and O–H groups in total. The van der Waals surface area contributed by atoms with Gasteiger partial charge in [0.15, 0.2) is 0 Å². The maximum absolute atomic E-state index is 5.41. The van der Waals surface area contributed by atoms with Crippen molar-refractivity contribution in [3.63, 3.8) is 0 Å². The highest BCUT2D eigenvalue weighted by atomic mass is 31.2. The molecule has 0 heterocycles. The van der Waals surface area contributed by atoms with Crippen LogP contribution in [0.5, 0.6) is 17.2 Å². The van der Waals surface area contributed by atoms with Gasteiger partial charge in [-0.05, 0) is 62.1 Å². The molecule has 5 heteroatoms. The van der Waals surface area contributed by atoms with E-state index in [1.54, 1.807) is 46.0 Å². The third kappa shape index (κ3) is 11.7. The van der Waals surface area contributed by atoms with Gasteiger partial charge in [0.1, 0.15) is 17.2 Å². The Kier molecular flexibility index (Phi) is 19.2. The van der Waals surface area contributed by atoms with Crippen molar-refractivity contribution in [2.75, 3.05) is 46.0 Å². The van der Waals surface area contributed by atoms with Crippen LogP contribution in [0.1, 0.15) is 98.8 Å². The summed E-state index contributed by atoms with van der Waals surface area (Å²) in [5.74, 6) is 2.62. The lowest BCUT2D eigenvalue weighted by atomic mass is 9.14. The van der Waals surface area contributed by atoms with Crippen LogP contribution in [0.15, 0.2) is 72.8 Å². The van der Waals surface area contributed by atoms with Crippen LogP contribution >= 0.6 is 7.26 Å². The average Bonchev–Trinajstić information content (AvgIpc) is 3.12. The van der Waals surface area contributed by atoms with E-state index in [4.69, 9.17) is 14.2 Å². The molecular weight excluding hydrogens is 582 g/mol. The third-order valence-corrected chi connectivity index (χ3v) is 15.0. The van der Waals surface area contributed by atoms with Crippen LogP contribution < -0.4 is 30.6 Å². The smallest absolute Gasteiger partial charge is 0.118 e. The van der Waals surface area contributed by atoms with Crippen molar-refractivity contribution in [1.82, 2.24) is 0 Å². The Hall–Kier alpha value is -2.45. The summed E-state index contributed by atoms with van der Waals surface area (Å²) >= 11 is 0. The van der Waals surface area contributed by atoms with Crippen molar-refractivity contribution in [3.05, 3.63) is 72.8 Å². The highest BCUT2D eigenvalue weighted by Crippen LogP contribution is 2.61. The molecule has 0 atom stereocenters. The monoisotopic (exact) mass is 648 g/mol. The van der Waals surface area contributed by atoms with Gasteiger partial charge < -0.3 is 14.2 Å². The van der Waals surface area contributed by atoms with Gasteiger partial charge in [0.2, 0.25) is 0 Å². The van der Waals surface area contributed by atoms with Crippen molar-refractivity contribution in [1.29, 1.82) is 0 Å². The van der Waals surface area contributed by atoms with Crippen LogP contribution in [0.4, 0.5) is 0 Å². The summed E-state index contributed by atoms with van der Waals surface area (Å²) in [5, 5.41) is 0. The van der Waals surface area contributed by atoms with Gasteiger partial charge in [-0.2, -0.15) is 22.7 Å². The summed E-state index contributed by atoms with van der Waals surface area (Å²) in [6, 6.07) is 25.6. The number of unbranched alkanes of at least 4 members (excludes halogenated alkanes) is 5. The van der Waals surface area contributed by atoms with Gasteiger partial charge >= 0.3 is 0 Å². The van der Waals surface area contributed by atoms with Crippen molar-refractivity contribution >= 4 is 29.8 Å². The molecule has 0 aliphatic heterocycles. The third-order valence-electron chi connectivity index (χ3n) is 9.99. The van der Waals surface area contributed by atoms with Gasteiger partial charge in [0, 0.05) is 7.26 Å². The Morgan fingerprint density at radius 2 is 0.674 bits per heavy atom. The van der Waals surface area contributed by atoms with Crippen LogP contribution in [0.2, 0.25) is 6.32 Å². The van der Waals surface area contributed by atoms with Gasteiger partial charge in [0.05, 0.1) is 52.1 Å². The topological polar surface area (TPSA) is 27.7 Å². The lowest BCUT2D eigenvalue weighted by molar-refractivity contribution is 0.415. The Morgan fingerprint density at radius 1 is 0.413 bits per heavy atom. The molecule has 3 rings (SSSR count). The van der Waals surface area contributed by atoms with E-state index in [1.165, 1.54) is 67.8 Å². The maximum atomic E-state index is 5.41. The fraction of sp³-hybridized carbons (Fsp3) is 0.561. The largest absolute Gasteiger partial charge is 0.497 e. The minimum absolute atomic E-state index is 0.562. The minimum atomic E-state index is -1.14. The van der Waals surface area contributed by atoms with Gasteiger partial charge in [-0.1, -0.05) is 110 Å². The van der Waals surface area contributed by atoms with Gasteiger partial charge in [-0.3, -0.25) is 0 Å². The fourth-order valence-electron chi connectivity index (χ4n) is 7.03. The first-order valence-electron chi connectivity index (χ1n) is 18.4. The molecular formula is C41H66BO3P. The van der Waals surface area contributed by atoms with E-state index in [2.05, 4.69) is 107 Å². The molecule has 0 amide bonds. The van der Waals surface area contributed by atoms with E-state index in [1.807, 2.05) is 0 Å². The molecule has 0 radical (unpaired) electrons. The molecule has 3 nitrogen and oxygen atoms in total. The Labute approximate surface area is 284 Å². The Morgan fingerprint density at radius 3 is 0.891 bits per heavy atom. The molecule has 0 fully saturated rings. The highest BCUT2D eigenvalue weighted by molar-refractivity contribution is 7.75. The number of rotatable bonds is 21. The first kappa shape index (κ1) is 39.7. The molecule has 0 saturated heterocycles. The number of benzene rings is 3. The lowest BCUT2D eigenvalue weighted by Crippen LogP contribution is -2.66. The predicted octanol–water partition coefficient (Wildman–Crippen LogP) is 10.2. The van der Waals surface area contributed by atoms with Crippen LogP contribution in [-0.2, 0) is 0 Å².